The molecule has 0 N–H and O–H groups in total. The van der Waals surface area contributed by atoms with Crippen LogP contribution in [0.5, 0.6) is 0 Å². The van der Waals surface area contributed by atoms with Gasteiger partial charge in [0.05, 0.1) is 0 Å². The summed E-state index contributed by atoms with van der Waals surface area (Å²) in [7, 11) is 0. The molecule has 3 saturated heterocycles. The molecular formula is C21H35N3O2. The largest absolute Gasteiger partial charge is 0.342 e. The molecule has 0 aromatic carbocycles. The maximum atomic E-state index is 13.8. The second-order valence-corrected chi connectivity index (χ2v) is 9.17. The average Bonchev–Trinajstić information content (AvgIpc) is 3.35. The molecule has 0 bridgehead atoms. The Hall–Kier alpha value is -1.10. The van der Waals surface area contributed by atoms with Crippen LogP contribution in [0.4, 0.5) is 0 Å². The molecule has 4 aliphatic rings. The van der Waals surface area contributed by atoms with Crippen molar-refractivity contribution in [3.63, 3.8) is 0 Å². The van der Waals surface area contributed by atoms with Crippen LogP contribution in [-0.2, 0) is 9.59 Å². The standard InChI is InChI=1S/C21H35N3O2/c1-2-22-16-20(12-8-18(22)25)9-7-13-23(17-20)19(26)21(10-3-4-11-21)24-14-5-6-15-24/h2-17H2,1H3/t20-/m1/s1. The van der Waals surface area contributed by atoms with Crippen molar-refractivity contribution in [1.82, 2.24) is 14.7 Å². The monoisotopic (exact) mass is 361 g/mol. The minimum Gasteiger partial charge on any atom is -0.342 e. The van der Waals surface area contributed by atoms with E-state index in [1.807, 2.05) is 4.90 Å². The molecule has 0 unspecified atom stereocenters. The lowest BCUT2D eigenvalue weighted by atomic mass is 9.73. The third-order valence-corrected chi connectivity index (χ3v) is 7.62. The van der Waals surface area contributed by atoms with Gasteiger partial charge in [-0.3, -0.25) is 14.5 Å². The predicted molar refractivity (Wildman–Crippen MR) is 102 cm³/mol. The summed E-state index contributed by atoms with van der Waals surface area (Å²) in [5.41, 5.74) is -0.0629. The first-order valence-electron chi connectivity index (χ1n) is 10.9. The zero-order valence-electron chi connectivity index (χ0n) is 16.5. The molecule has 2 amide bonds. The van der Waals surface area contributed by atoms with Crippen molar-refractivity contribution in [2.45, 2.75) is 76.7 Å². The highest BCUT2D eigenvalue weighted by molar-refractivity contribution is 5.87. The van der Waals surface area contributed by atoms with Gasteiger partial charge in [0.15, 0.2) is 0 Å². The van der Waals surface area contributed by atoms with Gasteiger partial charge in [-0.25, -0.2) is 0 Å². The first-order chi connectivity index (χ1) is 12.6. The molecule has 4 fully saturated rings. The second-order valence-electron chi connectivity index (χ2n) is 9.17. The average molecular weight is 362 g/mol. The van der Waals surface area contributed by atoms with E-state index in [1.165, 1.54) is 25.7 Å². The second kappa shape index (κ2) is 7.14. The molecule has 5 heteroatoms. The Balaban J connectivity index is 1.51. The first-order valence-corrected chi connectivity index (χ1v) is 10.9. The number of nitrogens with zero attached hydrogens (tertiary/aromatic N) is 3. The summed E-state index contributed by atoms with van der Waals surface area (Å²) in [4.78, 5) is 32.6. The predicted octanol–water partition coefficient (Wildman–Crippen LogP) is 2.65. The maximum Gasteiger partial charge on any atom is 0.243 e. The molecular weight excluding hydrogens is 326 g/mol. The summed E-state index contributed by atoms with van der Waals surface area (Å²) in [5.74, 6) is 0.710. The Kier molecular flexibility index (Phi) is 5.02. The van der Waals surface area contributed by atoms with Gasteiger partial charge in [0.1, 0.15) is 5.54 Å². The lowest BCUT2D eigenvalue weighted by Crippen LogP contribution is -2.62. The summed E-state index contributed by atoms with van der Waals surface area (Å²) in [6, 6.07) is 0. The molecule has 4 rings (SSSR count). The molecule has 1 saturated carbocycles. The van der Waals surface area contributed by atoms with Crippen LogP contribution in [0.25, 0.3) is 0 Å². The Morgan fingerprint density at radius 1 is 0.923 bits per heavy atom. The number of amides is 2. The van der Waals surface area contributed by atoms with E-state index in [2.05, 4.69) is 16.7 Å². The lowest BCUT2D eigenvalue weighted by Gasteiger charge is -2.50. The van der Waals surface area contributed by atoms with E-state index < -0.39 is 0 Å². The minimum atomic E-state index is -0.204. The SMILES string of the molecule is CCN1C[C@@]2(CCCN(C(=O)C3(N4CCCC4)CCCC3)C2)CCC1=O. The zero-order chi connectivity index (χ0) is 18.2. The number of likely N-dealkylation sites (tertiary alicyclic amines) is 3. The van der Waals surface area contributed by atoms with Crippen molar-refractivity contribution in [2.75, 3.05) is 39.3 Å². The van der Waals surface area contributed by atoms with E-state index in [0.29, 0.717) is 18.2 Å². The fourth-order valence-electron chi connectivity index (χ4n) is 6.17. The van der Waals surface area contributed by atoms with Gasteiger partial charge in [0.2, 0.25) is 11.8 Å². The number of carbonyl (C=O) groups excluding carboxylic acids is 2. The van der Waals surface area contributed by atoms with Gasteiger partial charge < -0.3 is 9.80 Å². The van der Waals surface area contributed by atoms with Gasteiger partial charge in [-0.1, -0.05) is 12.8 Å². The number of carbonyl (C=O) groups is 2. The van der Waals surface area contributed by atoms with Crippen LogP contribution in [0.2, 0.25) is 0 Å². The number of hydrogen-bond acceptors (Lipinski definition) is 3. The Morgan fingerprint density at radius 3 is 2.35 bits per heavy atom. The van der Waals surface area contributed by atoms with Crippen LogP contribution in [0.15, 0.2) is 0 Å². The summed E-state index contributed by atoms with van der Waals surface area (Å²) in [6.07, 6.45) is 10.8. The van der Waals surface area contributed by atoms with Gasteiger partial charge in [-0.2, -0.15) is 0 Å². The maximum absolute atomic E-state index is 13.8. The number of piperidine rings is 2. The third-order valence-electron chi connectivity index (χ3n) is 7.62. The third kappa shape index (κ3) is 3.06. The summed E-state index contributed by atoms with van der Waals surface area (Å²) >= 11 is 0. The van der Waals surface area contributed by atoms with Gasteiger partial charge in [0, 0.05) is 38.0 Å². The van der Waals surface area contributed by atoms with Gasteiger partial charge in [-0.15, -0.1) is 0 Å². The van der Waals surface area contributed by atoms with Crippen molar-refractivity contribution < 1.29 is 9.59 Å². The van der Waals surface area contributed by atoms with Crippen LogP contribution >= 0.6 is 0 Å². The van der Waals surface area contributed by atoms with Crippen LogP contribution in [0.3, 0.4) is 0 Å². The fraction of sp³-hybridized carbons (Fsp3) is 0.905. The number of rotatable bonds is 3. The summed E-state index contributed by atoms with van der Waals surface area (Å²) in [6.45, 7) is 7.70. The molecule has 26 heavy (non-hydrogen) atoms. The molecule has 1 aliphatic carbocycles. The molecule has 0 aromatic rings. The molecule has 3 heterocycles. The Labute approximate surface area is 158 Å². The fourth-order valence-corrected chi connectivity index (χ4v) is 6.17. The van der Waals surface area contributed by atoms with Crippen LogP contribution in [-0.4, -0.2) is 71.3 Å². The smallest absolute Gasteiger partial charge is 0.243 e. The molecule has 0 radical (unpaired) electrons. The zero-order valence-corrected chi connectivity index (χ0v) is 16.5. The highest BCUT2D eigenvalue weighted by atomic mass is 16.2. The minimum absolute atomic E-state index is 0.142. The van der Waals surface area contributed by atoms with Crippen molar-refractivity contribution in [1.29, 1.82) is 0 Å². The molecule has 5 nitrogen and oxygen atoms in total. The summed E-state index contributed by atoms with van der Waals surface area (Å²) in [5, 5.41) is 0. The van der Waals surface area contributed by atoms with Crippen molar-refractivity contribution in [3.8, 4) is 0 Å². The van der Waals surface area contributed by atoms with Crippen LogP contribution in [0.1, 0.15) is 71.1 Å². The Morgan fingerprint density at radius 2 is 1.65 bits per heavy atom. The quantitative estimate of drug-likeness (QED) is 0.776. The van der Waals surface area contributed by atoms with E-state index in [0.717, 1.165) is 71.4 Å². The van der Waals surface area contributed by atoms with E-state index >= 15 is 0 Å². The van der Waals surface area contributed by atoms with E-state index in [9.17, 15) is 9.59 Å². The molecule has 1 spiro atoms. The topological polar surface area (TPSA) is 43.9 Å². The van der Waals surface area contributed by atoms with Crippen molar-refractivity contribution >= 4 is 11.8 Å². The van der Waals surface area contributed by atoms with Crippen molar-refractivity contribution in [2.24, 2.45) is 5.41 Å². The van der Waals surface area contributed by atoms with Gasteiger partial charge >= 0.3 is 0 Å². The van der Waals surface area contributed by atoms with E-state index in [-0.39, 0.29) is 11.0 Å². The highest BCUT2D eigenvalue weighted by Gasteiger charge is 2.51. The van der Waals surface area contributed by atoms with Crippen molar-refractivity contribution in [3.05, 3.63) is 0 Å². The normalized spacial score (nSPS) is 32.6. The van der Waals surface area contributed by atoms with Crippen LogP contribution < -0.4 is 0 Å². The van der Waals surface area contributed by atoms with Gasteiger partial charge in [-0.05, 0) is 65.0 Å². The van der Waals surface area contributed by atoms with Crippen LogP contribution in [0, 0.1) is 5.41 Å². The Bertz CT molecular complexity index is 551. The molecule has 3 aliphatic heterocycles. The summed E-state index contributed by atoms with van der Waals surface area (Å²) < 4.78 is 0. The molecule has 0 aromatic heterocycles. The lowest BCUT2D eigenvalue weighted by molar-refractivity contribution is -0.151. The molecule has 1 atom stereocenters. The van der Waals surface area contributed by atoms with E-state index in [4.69, 9.17) is 0 Å². The highest BCUT2D eigenvalue weighted by Crippen LogP contribution is 2.43. The first kappa shape index (κ1) is 18.3. The van der Waals surface area contributed by atoms with E-state index in [1.54, 1.807) is 0 Å². The molecule has 146 valence electrons. The number of hydrogen-bond donors (Lipinski definition) is 0. The van der Waals surface area contributed by atoms with Gasteiger partial charge in [0.25, 0.3) is 0 Å².